The Balaban J connectivity index is 1.90. The molecule has 0 bridgehead atoms. The third-order valence-corrected chi connectivity index (χ3v) is 3.77. The summed E-state index contributed by atoms with van der Waals surface area (Å²) in [6.45, 7) is 2.31. The smallest absolute Gasteiger partial charge is 0.297 e. The van der Waals surface area contributed by atoms with E-state index in [1.807, 2.05) is 37.3 Å². The maximum Gasteiger partial charge on any atom is 0.297 e. The molecule has 0 saturated carbocycles. The van der Waals surface area contributed by atoms with E-state index in [1.165, 1.54) is 4.90 Å². The van der Waals surface area contributed by atoms with Gasteiger partial charge in [0.1, 0.15) is 17.3 Å². The molecule has 1 aromatic carbocycles. The van der Waals surface area contributed by atoms with Crippen molar-refractivity contribution in [3.63, 3.8) is 0 Å². The molecule has 0 N–H and O–H groups in total. The average molecular weight is 329 g/mol. The van der Waals surface area contributed by atoms with Crippen molar-refractivity contribution in [2.45, 2.75) is 6.92 Å². The summed E-state index contributed by atoms with van der Waals surface area (Å²) < 4.78 is 16.4. The number of amides is 1. The predicted octanol–water partition coefficient (Wildman–Crippen LogP) is 3.46. The number of hydrogen-bond acceptors (Lipinski definition) is 5. The van der Waals surface area contributed by atoms with E-state index >= 15 is 0 Å². The van der Waals surface area contributed by atoms with Gasteiger partial charge in [-0.05, 0) is 43.4 Å². The summed E-state index contributed by atoms with van der Waals surface area (Å²) in [5.41, 5.74) is 0.837. The molecule has 5 nitrogen and oxygen atoms in total. The number of carbonyl (C=O) groups excluding carboxylic acids is 1. The molecular formula is C17H15NO4S. The van der Waals surface area contributed by atoms with Gasteiger partial charge in [0.2, 0.25) is 0 Å². The van der Waals surface area contributed by atoms with Gasteiger partial charge in [0.05, 0.1) is 12.7 Å². The number of nitrogens with zero attached hydrogens (tertiary/aromatic N) is 1. The van der Waals surface area contributed by atoms with Crippen LogP contribution in [0, 0.1) is 0 Å². The maximum absolute atomic E-state index is 12.1. The molecule has 1 aliphatic rings. The van der Waals surface area contributed by atoms with Crippen molar-refractivity contribution in [1.29, 1.82) is 0 Å². The van der Waals surface area contributed by atoms with Crippen molar-refractivity contribution in [3.8, 4) is 17.1 Å². The highest BCUT2D eigenvalue weighted by Crippen LogP contribution is 2.31. The second kappa shape index (κ2) is 6.26. The van der Waals surface area contributed by atoms with Crippen LogP contribution in [-0.4, -0.2) is 29.6 Å². The Hall–Kier alpha value is -2.60. The van der Waals surface area contributed by atoms with Crippen molar-refractivity contribution < 1.29 is 18.7 Å². The standard InChI is InChI=1S/C17H15NO4S/c1-3-18-16(19)15(22-17(18)23)10-11-8-9-14(21-11)12-6-4-5-7-13(12)20-2/h4-10H,3H2,1-2H3. The largest absolute Gasteiger partial charge is 0.496 e. The van der Waals surface area contributed by atoms with Gasteiger partial charge in [-0.3, -0.25) is 9.69 Å². The number of likely N-dealkylation sites (N-methyl/N-ethyl adjacent to an activating group) is 1. The third kappa shape index (κ3) is 2.85. The molecule has 1 saturated heterocycles. The van der Waals surface area contributed by atoms with Gasteiger partial charge in [-0.25, -0.2) is 0 Å². The van der Waals surface area contributed by atoms with E-state index in [0.717, 1.165) is 5.56 Å². The summed E-state index contributed by atoms with van der Waals surface area (Å²) in [7, 11) is 1.61. The number of rotatable bonds is 4. The van der Waals surface area contributed by atoms with E-state index in [9.17, 15) is 4.79 Å². The highest BCUT2D eigenvalue weighted by Gasteiger charge is 2.32. The van der Waals surface area contributed by atoms with Gasteiger partial charge in [0.25, 0.3) is 11.1 Å². The fraction of sp³-hybridized carbons (Fsp3) is 0.176. The summed E-state index contributed by atoms with van der Waals surface area (Å²) in [6.07, 6.45) is 1.54. The number of hydrogen-bond donors (Lipinski definition) is 0. The molecule has 0 atom stereocenters. The van der Waals surface area contributed by atoms with Gasteiger partial charge in [-0.2, -0.15) is 0 Å². The lowest BCUT2D eigenvalue weighted by molar-refractivity contribution is -0.122. The van der Waals surface area contributed by atoms with Crippen LogP contribution in [-0.2, 0) is 9.53 Å². The Bertz CT molecular complexity index is 793. The van der Waals surface area contributed by atoms with E-state index in [2.05, 4.69) is 0 Å². The minimum Gasteiger partial charge on any atom is -0.496 e. The lowest BCUT2D eigenvalue weighted by Gasteiger charge is -2.06. The Kier molecular flexibility index (Phi) is 4.16. The van der Waals surface area contributed by atoms with Gasteiger partial charge in [0, 0.05) is 12.6 Å². The van der Waals surface area contributed by atoms with Gasteiger partial charge in [-0.1, -0.05) is 12.1 Å². The monoisotopic (exact) mass is 329 g/mol. The molecule has 2 heterocycles. The van der Waals surface area contributed by atoms with Crippen LogP contribution in [0.2, 0.25) is 0 Å². The molecule has 0 radical (unpaired) electrons. The van der Waals surface area contributed by atoms with Crippen LogP contribution >= 0.6 is 12.2 Å². The van der Waals surface area contributed by atoms with Crippen LogP contribution in [0.1, 0.15) is 12.7 Å². The number of ether oxygens (including phenoxy) is 2. The van der Waals surface area contributed by atoms with E-state index in [4.69, 9.17) is 26.1 Å². The topological polar surface area (TPSA) is 51.9 Å². The summed E-state index contributed by atoms with van der Waals surface area (Å²) >= 11 is 5.02. The molecule has 1 aliphatic heterocycles. The number of thiocarbonyl (C=S) groups is 1. The molecule has 0 spiro atoms. The molecule has 2 aromatic rings. The Morgan fingerprint density at radius 1 is 1.26 bits per heavy atom. The highest BCUT2D eigenvalue weighted by atomic mass is 32.1. The van der Waals surface area contributed by atoms with Crippen LogP contribution in [0.4, 0.5) is 0 Å². The first-order valence-electron chi connectivity index (χ1n) is 7.12. The van der Waals surface area contributed by atoms with Crippen molar-refractivity contribution in [1.82, 2.24) is 4.90 Å². The molecule has 1 aromatic heterocycles. The van der Waals surface area contributed by atoms with E-state index in [1.54, 1.807) is 19.3 Å². The first-order chi connectivity index (χ1) is 11.1. The molecule has 1 fully saturated rings. The maximum atomic E-state index is 12.1. The van der Waals surface area contributed by atoms with Crippen LogP contribution in [0.15, 0.2) is 46.6 Å². The van der Waals surface area contributed by atoms with E-state index < -0.39 is 0 Å². The molecular weight excluding hydrogens is 314 g/mol. The van der Waals surface area contributed by atoms with Gasteiger partial charge < -0.3 is 13.9 Å². The Morgan fingerprint density at radius 2 is 2.04 bits per heavy atom. The Labute approximate surface area is 139 Å². The first-order valence-corrected chi connectivity index (χ1v) is 7.53. The molecule has 1 amide bonds. The molecule has 6 heteroatoms. The van der Waals surface area contributed by atoms with Gasteiger partial charge in [0.15, 0.2) is 5.76 Å². The van der Waals surface area contributed by atoms with Crippen molar-refractivity contribution in [2.75, 3.05) is 13.7 Å². The first kappa shape index (κ1) is 15.3. The molecule has 23 heavy (non-hydrogen) atoms. The lowest BCUT2D eigenvalue weighted by atomic mass is 10.1. The van der Waals surface area contributed by atoms with Gasteiger partial charge >= 0.3 is 0 Å². The summed E-state index contributed by atoms with van der Waals surface area (Å²) in [5.74, 6) is 1.78. The van der Waals surface area contributed by atoms with E-state index in [0.29, 0.717) is 23.8 Å². The summed E-state index contributed by atoms with van der Waals surface area (Å²) in [5, 5.41) is 0.167. The number of methoxy groups -OCH3 is 1. The fourth-order valence-electron chi connectivity index (χ4n) is 2.33. The predicted molar refractivity (Wildman–Crippen MR) is 89.7 cm³/mol. The zero-order chi connectivity index (χ0) is 16.4. The molecule has 3 rings (SSSR count). The molecule has 0 aliphatic carbocycles. The van der Waals surface area contributed by atoms with Crippen LogP contribution in [0.25, 0.3) is 17.4 Å². The number of carbonyl (C=O) groups is 1. The minimum atomic E-state index is -0.257. The van der Waals surface area contributed by atoms with Crippen LogP contribution in [0.5, 0.6) is 5.75 Å². The Morgan fingerprint density at radius 3 is 2.74 bits per heavy atom. The van der Waals surface area contributed by atoms with Crippen molar-refractivity contribution >= 4 is 29.4 Å². The fourth-order valence-corrected chi connectivity index (χ4v) is 2.63. The number of benzene rings is 1. The summed E-state index contributed by atoms with van der Waals surface area (Å²) in [4.78, 5) is 13.5. The number of para-hydroxylation sites is 1. The zero-order valence-electron chi connectivity index (χ0n) is 12.7. The lowest BCUT2D eigenvalue weighted by Crippen LogP contribution is -2.27. The molecule has 0 unspecified atom stereocenters. The number of furan rings is 1. The van der Waals surface area contributed by atoms with E-state index in [-0.39, 0.29) is 16.8 Å². The van der Waals surface area contributed by atoms with Crippen molar-refractivity contribution in [3.05, 3.63) is 47.9 Å². The second-order valence-electron chi connectivity index (χ2n) is 4.83. The van der Waals surface area contributed by atoms with Crippen LogP contribution < -0.4 is 4.74 Å². The average Bonchev–Trinajstić information content (AvgIpc) is 3.12. The quantitative estimate of drug-likeness (QED) is 0.635. The minimum absolute atomic E-state index is 0.165. The normalized spacial score (nSPS) is 16.1. The second-order valence-corrected chi connectivity index (χ2v) is 5.18. The van der Waals surface area contributed by atoms with Gasteiger partial charge in [-0.15, -0.1) is 0 Å². The zero-order valence-corrected chi connectivity index (χ0v) is 13.6. The molecule has 118 valence electrons. The van der Waals surface area contributed by atoms with Crippen molar-refractivity contribution in [2.24, 2.45) is 0 Å². The SMILES string of the molecule is CCN1C(=O)C(=Cc2ccc(-c3ccccc3OC)o2)OC1=S. The summed E-state index contributed by atoms with van der Waals surface area (Å²) in [6, 6.07) is 11.1. The highest BCUT2D eigenvalue weighted by molar-refractivity contribution is 7.80. The third-order valence-electron chi connectivity index (χ3n) is 3.46. The van der Waals surface area contributed by atoms with Crippen LogP contribution in [0.3, 0.4) is 0 Å².